The summed E-state index contributed by atoms with van der Waals surface area (Å²) in [6, 6.07) is 0. The minimum absolute atomic E-state index is 0.202. The highest BCUT2D eigenvalue weighted by Crippen LogP contribution is 2.12. The lowest BCUT2D eigenvalue weighted by atomic mass is 10.4. The molecule has 0 aliphatic carbocycles. The van der Waals surface area contributed by atoms with Crippen LogP contribution in [0.15, 0.2) is 0 Å². The smallest absolute Gasteiger partial charge is 0.0465 e. The maximum Gasteiger partial charge on any atom is 0.0465 e. The van der Waals surface area contributed by atoms with E-state index in [1.54, 1.807) is 0 Å². The molecule has 0 radical (unpaired) electrons. The Labute approximate surface area is 57.6 Å². The van der Waals surface area contributed by atoms with Gasteiger partial charge in [-0.1, -0.05) is 6.92 Å². The Morgan fingerprint density at radius 1 is 1.71 bits per heavy atom. The van der Waals surface area contributed by atoms with Crippen molar-refractivity contribution >= 4 is 33.4 Å². The van der Waals surface area contributed by atoms with Gasteiger partial charge in [0.05, 0.1) is 0 Å². The number of rotatable bonds is 2. The molecule has 0 saturated heterocycles. The molecule has 0 spiro atoms. The van der Waals surface area contributed by atoms with Crippen LogP contribution in [0.1, 0.15) is 6.92 Å². The van der Waals surface area contributed by atoms with E-state index in [0.717, 1.165) is 10.2 Å². The first-order chi connectivity index (χ1) is 3.18. The van der Waals surface area contributed by atoms with Crippen LogP contribution in [0.3, 0.4) is 0 Å². The zero-order chi connectivity index (χ0) is 5.86. The first-order valence-corrected chi connectivity index (χ1v) is 4.51. The molecule has 0 aliphatic rings. The summed E-state index contributed by atoms with van der Waals surface area (Å²) in [4.78, 5) is 0. The summed E-state index contributed by atoms with van der Waals surface area (Å²) in [7, 11) is 1.15. The highest BCUT2D eigenvalue weighted by molar-refractivity contribution is 6.31. The van der Waals surface area contributed by atoms with E-state index in [0.29, 0.717) is 11.4 Å². The molecule has 0 aromatic heterocycles. The Hall–Kier alpha value is 0.797. The molecule has 0 bridgehead atoms. The Kier molecular flexibility index (Phi) is 4.18. The number of alkyl halides is 2. The average molecular weight is 157 g/mol. The van der Waals surface area contributed by atoms with Gasteiger partial charge >= 0.3 is 0 Å². The zero-order valence-corrected chi connectivity index (χ0v) is 8.13. The molecule has 0 fully saturated rings. The first-order valence-electron chi connectivity index (χ1n) is 2.38. The topological polar surface area (TPSA) is 0 Å². The quantitative estimate of drug-likeness (QED) is 0.414. The van der Waals surface area contributed by atoms with Gasteiger partial charge < -0.3 is 0 Å². The summed E-state index contributed by atoms with van der Waals surface area (Å²) < 4.78 is 0. The van der Waals surface area contributed by atoms with Crippen molar-refractivity contribution in [2.75, 3.05) is 5.88 Å². The van der Waals surface area contributed by atoms with Crippen LogP contribution in [0.25, 0.3) is 0 Å². The van der Waals surface area contributed by atoms with E-state index in [1.807, 2.05) is 0 Å². The molecule has 3 heteroatoms. The third-order valence-corrected chi connectivity index (χ3v) is 3.25. The molecule has 0 aromatic carbocycles. The van der Waals surface area contributed by atoms with E-state index in [-0.39, 0.29) is 5.38 Å². The summed E-state index contributed by atoms with van der Waals surface area (Å²) >= 11 is 11.1. The number of halogens is 2. The van der Waals surface area contributed by atoms with Crippen molar-refractivity contribution in [1.82, 2.24) is 0 Å². The second kappa shape index (κ2) is 3.76. The van der Waals surface area contributed by atoms with Crippen LogP contribution >= 0.6 is 23.2 Å². The molecule has 0 amide bonds. The molecule has 0 N–H and O–H groups in total. The maximum atomic E-state index is 5.70. The molecule has 0 saturated carbocycles. The molecule has 2 unspecified atom stereocenters. The summed E-state index contributed by atoms with van der Waals surface area (Å²) in [6.07, 6.45) is 0. The molecule has 0 rings (SSSR count). The maximum absolute atomic E-state index is 5.70. The van der Waals surface area contributed by atoms with Crippen LogP contribution in [0.5, 0.6) is 0 Å². The molecule has 0 aliphatic heterocycles. The van der Waals surface area contributed by atoms with Gasteiger partial charge in [-0.25, -0.2) is 0 Å². The molecular formula is C4H10Cl2Si. The van der Waals surface area contributed by atoms with Gasteiger partial charge in [0, 0.05) is 21.5 Å². The van der Waals surface area contributed by atoms with E-state index in [2.05, 4.69) is 6.92 Å². The lowest BCUT2D eigenvalue weighted by molar-refractivity contribution is 0.896. The number of hydrogen-bond donors (Lipinski definition) is 0. The van der Waals surface area contributed by atoms with Crippen LogP contribution in [-0.2, 0) is 0 Å². The fraction of sp³-hybridized carbons (Fsp3) is 1.00. The highest BCUT2D eigenvalue weighted by Gasteiger charge is 2.05. The Balaban J connectivity index is 3.14. The summed E-state index contributed by atoms with van der Waals surface area (Å²) in [6.45, 7) is 2.12. The summed E-state index contributed by atoms with van der Waals surface area (Å²) in [5.74, 6) is 0.590. The molecule has 0 aromatic rings. The van der Waals surface area contributed by atoms with E-state index in [9.17, 15) is 0 Å². The minimum Gasteiger partial charge on any atom is -0.125 e. The Bertz CT molecular complexity index is 47.0. The van der Waals surface area contributed by atoms with Gasteiger partial charge in [-0.05, 0) is 5.54 Å². The second-order valence-electron chi connectivity index (χ2n) is 1.91. The highest BCUT2D eigenvalue weighted by atomic mass is 35.5. The molecular weight excluding hydrogens is 147 g/mol. The van der Waals surface area contributed by atoms with Gasteiger partial charge in [0.15, 0.2) is 0 Å². The van der Waals surface area contributed by atoms with Crippen molar-refractivity contribution < 1.29 is 0 Å². The van der Waals surface area contributed by atoms with E-state index in [1.165, 1.54) is 0 Å². The Morgan fingerprint density at radius 3 is 2.14 bits per heavy atom. The third kappa shape index (κ3) is 3.39. The van der Waals surface area contributed by atoms with Gasteiger partial charge in [0.25, 0.3) is 0 Å². The van der Waals surface area contributed by atoms with Crippen LogP contribution in [-0.4, -0.2) is 21.5 Å². The normalized spacial score (nSPS) is 19.3. The van der Waals surface area contributed by atoms with E-state index >= 15 is 0 Å². The van der Waals surface area contributed by atoms with Crippen molar-refractivity contribution in [3.63, 3.8) is 0 Å². The van der Waals surface area contributed by atoms with E-state index in [4.69, 9.17) is 23.2 Å². The molecule has 0 nitrogen and oxygen atoms in total. The fourth-order valence-electron chi connectivity index (χ4n) is 0.178. The molecule has 44 valence electrons. The largest absolute Gasteiger partial charge is 0.125 e. The standard InChI is InChI=1S/C4H10Cl2Si/c1-3(7)4(6)2-5/h3-4H,2H2,1,7H3. The first kappa shape index (κ1) is 7.80. The average Bonchev–Trinajstić information content (AvgIpc) is 1.65. The Morgan fingerprint density at radius 2 is 2.14 bits per heavy atom. The van der Waals surface area contributed by atoms with Crippen molar-refractivity contribution in [3.8, 4) is 0 Å². The predicted molar refractivity (Wildman–Crippen MR) is 39.7 cm³/mol. The van der Waals surface area contributed by atoms with E-state index < -0.39 is 0 Å². The van der Waals surface area contributed by atoms with Gasteiger partial charge in [0.1, 0.15) is 0 Å². The minimum atomic E-state index is 0.202. The summed E-state index contributed by atoms with van der Waals surface area (Å²) in [5.41, 5.74) is 0.638. The lowest BCUT2D eigenvalue weighted by Crippen LogP contribution is -2.06. The number of hydrogen-bond acceptors (Lipinski definition) is 0. The summed E-state index contributed by atoms with van der Waals surface area (Å²) in [5, 5.41) is 0.202. The van der Waals surface area contributed by atoms with Crippen molar-refractivity contribution in [3.05, 3.63) is 0 Å². The second-order valence-corrected chi connectivity index (χ2v) is 4.60. The van der Waals surface area contributed by atoms with Crippen LogP contribution < -0.4 is 0 Å². The zero-order valence-electron chi connectivity index (χ0n) is 4.62. The van der Waals surface area contributed by atoms with Crippen LogP contribution in [0, 0.1) is 0 Å². The van der Waals surface area contributed by atoms with Gasteiger partial charge in [-0.3, -0.25) is 0 Å². The monoisotopic (exact) mass is 156 g/mol. The van der Waals surface area contributed by atoms with Gasteiger partial charge in [-0.15, -0.1) is 23.2 Å². The molecule has 2 atom stereocenters. The van der Waals surface area contributed by atoms with Crippen molar-refractivity contribution in [1.29, 1.82) is 0 Å². The van der Waals surface area contributed by atoms with Crippen molar-refractivity contribution in [2.45, 2.75) is 17.8 Å². The van der Waals surface area contributed by atoms with Gasteiger partial charge in [-0.2, -0.15) is 0 Å². The third-order valence-electron chi connectivity index (χ3n) is 0.871. The molecule has 7 heavy (non-hydrogen) atoms. The fourth-order valence-corrected chi connectivity index (χ4v) is 1.07. The SMILES string of the molecule is CC([SiH3])C(Cl)CCl. The van der Waals surface area contributed by atoms with Gasteiger partial charge in [0.2, 0.25) is 0 Å². The van der Waals surface area contributed by atoms with Crippen LogP contribution in [0.2, 0.25) is 5.54 Å². The molecule has 0 heterocycles. The van der Waals surface area contributed by atoms with Crippen LogP contribution in [0.4, 0.5) is 0 Å². The lowest BCUT2D eigenvalue weighted by Gasteiger charge is -2.06. The van der Waals surface area contributed by atoms with Crippen molar-refractivity contribution in [2.24, 2.45) is 0 Å². The predicted octanol–water partition coefficient (Wildman–Crippen LogP) is 1.01.